The van der Waals surface area contributed by atoms with Crippen LogP contribution in [0.25, 0.3) is 5.57 Å². The van der Waals surface area contributed by atoms with Crippen LogP contribution in [-0.2, 0) is 11.4 Å². The molecule has 1 fully saturated rings. The molecule has 1 atom stereocenters. The van der Waals surface area contributed by atoms with E-state index in [2.05, 4.69) is 53.5 Å². The molecule has 0 amide bonds. The van der Waals surface area contributed by atoms with E-state index in [1.165, 1.54) is 69.9 Å². The molecule has 1 aliphatic carbocycles. The van der Waals surface area contributed by atoms with E-state index in [-0.39, 0.29) is 5.82 Å². The van der Waals surface area contributed by atoms with Crippen molar-refractivity contribution in [2.45, 2.75) is 118 Å². The number of benzene rings is 2. The molecule has 2 aromatic rings. The van der Waals surface area contributed by atoms with E-state index in [1.54, 1.807) is 24.3 Å². The number of rotatable bonds is 8. The molecule has 39 heavy (non-hydrogen) atoms. The van der Waals surface area contributed by atoms with E-state index in [0.29, 0.717) is 5.56 Å². The molecule has 0 nitrogen and oxygen atoms in total. The van der Waals surface area contributed by atoms with Crippen molar-refractivity contribution in [3.63, 3.8) is 0 Å². The quantitative estimate of drug-likeness (QED) is 0.242. The highest BCUT2D eigenvalue weighted by atomic mass is 32.1. The van der Waals surface area contributed by atoms with Gasteiger partial charge in [0, 0.05) is 0 Å². The Bertz CT molecular complexity index is 941. The molecule has 0 spiro atoms. The second kappa shape index (κ2) is 20.1. The first-order valence-corrected chi connectivity index (χ1v) is 15.3. The summed E-state index contributed by atoms with van der Waals surface area (Å²) in [7, 11) is 0. The van der Waals surface area contributed by atoms with Crippen molar-refractivity contribution in [2.24, 2.45) is 11.8 Å². The first-order valence-electron chi connectivity index (χ1n) is 14.8. The van der Waals surface area contributed by atoms with Gasteiger partial charge in [-0.05, 0) is 87.6 Å². The van der Waals surface area contributed by atoms with Crippen LogP contribution in [0.1, 0.15) is 122 Å². The zero-order valence-electron chi connectivity index (χ0n) is 26.2. The minimum atomic E-state index is -1.52. The molecular formula is C36H56F2S. The summed E-state index contributed by atoms with van der Waals surface area (Å²) in [4.78, 5) is 0. The maximum absolute atomic E-state index is 13.1. The fourth-order valence-electron chi connectivity index (χ4n) is 4.59. The molecule has 220 valence electrons. The Labute approximate surface area is 245 Å². The molecule has 3 heteroatoms. The maximum atomic E-state index is 13.1. The Hall–Kier alpha value is -1.87. The summed E-state index contributed by atoms with van der Waals surface area (Å²) >= 11 is 3.81. The van der Waals surface area contributed by atoms with Crippen molar-refractivity contribution in [3.05, 3.63) is 89.3 Å². The second-order valence-electron chi connectivity index (χ2n) is 11.3. The van der Waals surface area contributed by atoms with Gasteiger partial charge in [0.15, 0.2) is 5.00 Å². The smallest absolute Gasteiger partial charge is 0.175 e. The summed E-state index contributed by atoms with van der Waals surface area (Å²) in [5, 5.41) is -1.52. The number of hydrogen-bond donors (Lipinski definition) is 1. The van der Waals surface area contributed by atoms with Gasteiger partial charge < -0.3 is 0 Å². The lowest BCUT2D eigenvalue weighted by Crippen LogP contribution is -2.04. The summed E-state index contributed by atoms with van der Waals surface area (Å²) in [6.45, 7) is 24.2. The molecule has 0 saturated heterocycles. The molecule has 0 bridgehead atoms. The van der Waals surface area contributed by atoms with Crippen molar-refractivity contribution in [2.75, 3.05) is 0 Å². The predicted molar refractivity (Wildman–Crippen MR) is 175 cm³/mol. The Morgan fingerprint density at radius 1 is 0.974 bits per heavy atom. The van der Waals surface area contributed by atoms with Gasteiger partial charge >= 0.3 is 0 Å². The lowest BCUT2D eigenvalue weighted by atomic mass is 9.92. The largest absolute Gasteiger partial charge is 0.227 e. The highest BCUT2D eigenvalue weighted by molar-refractivity contribution is 7.81. The minimum absolute atomic E-state index is 0.170. The monoisotopic (exact) mass is 558 g/mol. The fourth-order valence-corrected chi connectivity index (χ4v) is 4.74. The topological polar surface area (TPSA) is 0 Å². The van der Waals surface area contributed by atoms with Gasteiger partial charge in [-0.15, -0.1) is 12.6 Å². The average molecular weight is 559 g/mol. The van der Waals surface area contributed by atoms with Crippen LogP contribution in [0.4, 0.5) is 8.78 Å². The van der Waals surface area contributed by atoms with Crippen LogP contribution in [0.5, 0.6) is 0 Å². The molecule has 0 radical (unpaired) electrons. The van der Waals surface area contributed by atoms with Crippen LogP contribution < -0.4 is 0 Å². The van der Waals surface area contributed by atoms with Crippen LogP contribution in [0, 0.1) is 24.6 Å². The van der Waals surface area contributed by atoms with Crippen LogP contribution >= 0.6 is 12.6 Å². The third-order valence-electron chi connectivity index (χ3n) is 7.10. The normalized spacial score (nSPS) is 14.2. The SMILES string of the molecule is C=C(C)C(CCC)CCC.C=C(C)c1ccc(F)cc1CC.CC1CCCC1.Cc1ccc(C(C)(F)S)cc1. The third kappa shape index (κ3) is 16.7. The number of halogens is 2. The van der Waals surface area contributed by atoms with E-state index < -0.39 is 5.00 Å². The van der Waals surface area contributed by atoms with Gasteiger partial charge in [-0.3, -0.25) is 0 Å². The van der Waals surface area contributed by atoms with Gasteiger partial charge in [-0.25, -0.2) is 8.78 Å². The standard InChI is InChI=1S/C11H13F.C10H20.C9H11FS.C6H12/c1-4-9-7-10(12)5-6-11(9)8(2)3;1-5-7-10(8-6-2)9(3)4;1-7-3-5-8(6-4-7)9(2,10)11;1-6-4-2-3-5-6/h5-7H,2,4H2,1,3H3;10H,3,5-8H2,1-2,4H3;3-6,11H,1-2H3;6H,2-5H2,1H3. The third-order valence-corrected chi connectivity index (χ3v) is 7.36. The van der Waals surface area contributed by atoms with E-state index >= 15 is 0 Å². The van der Waals surface area contributed by atoms with E-state index in [9.17, 15) is 8.78 Å². The van der Waals surface area contributed by atoms with E-state index in [4.69, 9.17) is 0 Å². The van der Waals surface area contributed by atoms with Gasteiger partial charge in [0.25, 0.3) is 0 Å². The Morgan fingerprint density at radius 3 is 1.82 bits per heavy atom. The zero-order valence-corrected chi connectivity index (χ0v) is 27.1. The van der Waals surface area contributed by atoms with Crippen molar-refractivity contribution < 1.29 is 8.78 Å². The molecule has 1 unspecified atom stereocenters. The van der Waals surface area contributed by atoms with Gasteiger partial charge in [0.1, 0.15) is 5.82 Å². The summed E-state index contributed by atoms with van der Waals surface area (Å²) in [6.07, 6.45) is 12.0. The van der Waals surface area contributed by atoms with E-state index in [1.807, 2.05) is 32.9 Å². The van der Waals surface area contributed by atoms with Gasteiger partial charge in [-0.2, -0.15) is 0 Å². The summed E-state index contributed by atoms with van der Waals surface area (Å²) in [5.74, 6) is 1.66. The molecule has 3 rings (SSSR count). The van der Waals surface area contributed by atoms with Crippen LogP contribution in [0.3, 0.4) is 0 Å². The second-order valence-corrected chi connectivity index (χ2v) is 12.1. The lowest BCUT2D eigenvalue weighted by molar-refractivity contribution is 0.328. The molecule has 2 aromatic carbocycles. The molecule has 0 heterocycles. The average Bonchev–Trinajstić information content (AvgIpc) is 3.35. The van der Waals surface area contributed by atoms with Crippen LogP contribution in [0.2, 0.25) is 0 Å². The molecule has 1 aliphatic rings. The van der Waals surface area contributed by atoms with Gasteiger partial charge in [-0.1, -0.05) is 126 Å². The fraction of sp³-hybridized carbons (Fsp3) is 0.556. The van der Waals surface area contributed by atoms with Crippen LogP contribution in [-0.4, -0.2) is 0 Å². The highest BCUT2D eigenvalue weighted by Crippen LogP contribution is 2.29. The summed E-state index contributed by atoms with van der Waals surface area (Å²) < 4.78 is 25.9. The Morgan fingerprint density at radius 2 is 1.49 bits per heavy atom. The number of hydrogen-bond acceptors (Lipinski definition) is 1. The minimum Gasteiger partial charge on any atom is -0.227 e. The number of thiol groups is 1. The molecule has 0 aliphatic heterocycles. The van der Waals surface area contributed by atoms with Crippen molar-refractivity contribution in [3.8, 4) is 0 Å². The number of alkyl halides is 1. The highest BCUT2D eigenvalue weighted by Gasteiger charge is 2.18. The molecule has 0 aromatic heterocycles. The Balaban J connectivity index is 0.000000505. The predicted octanol–water partition coefficient (Wildman–Crippen LogP) is 12.5. The van der Waals surface area contributed by atoms with E-state index in [0.717, 1.165) is 40.5 Å². The molecule has 0 N–H and O–H groups in total. The van der Waals surface area contributed by atoms with Crippen molar-refractivity contribution in [1.82, 2.24) is 0 Å². The maximum Gasteiger partial charge on any atom is 0.175 e. The summed E-state index contributed by atoms with van der Waals surface area (Å²) in [6, 6.07) is 12.1. The Kier molecular flexibility index (Phi) is 19.1. The number of allylic oxidation sites excluding steroid dienone is 2. The molecular weight excluding hydrogens is 502 g/mol. The van der Waals surface area contributed by atoms with Crippen molar-refractivity contribution in [1.29, 1.82) is 0 Å². The first kappa shape index (κ1) is 37.1. The number of aryl methyl sites for hydroxylation is 2. The van der Waals surface area contributed by atoms with Crippen molar-refractivity contribution >= 4 is 18.2 Å². The molecule has 1 saturated carbocycles. The van der Waals surface area contributed by atoms with Gasteiger partial charge in [0.05, 0.1) is 0 Å². The van der Waals surface area contributed by atoms with Gasteiger partial charge in [0.2, 0.25) is 0 Å². The summed E-state index contributed by atoms with van der Waals surface area (Å²) in [5.41, 5.74) is 6.19. The van der Waals surface area contributed by atoms with Crippen LogP contribution in [0.15, 0.2) is 61.2 Å². The lowest BCUT2D eigenvalue weighted by Gasteiger charge is -2.14. The first-order chi connectivity index (χ1) is 18.3. The zero-order chi connectivity index (χ0) is 30.0.